The van der Waals surface area contributed by atoms with Gasteiger partial charge in [-0.1, -0.05) is 152 Å². The smallest absolute Gasteiger partial charge is 0.167 e. The van der Waals surface area contributed by atoms with Gasteiger partial charge in [0, 0.05) is 74.6 Å². The predicted octanol–water partition coefficient (Wildman–Crippen LogP) is 16.1. The van der Waals surface area contributed by atoms with Crippen molar-refractivity contribution in [2.45, 2.75) is 0 Å². The molecule has 9 aromatic carbocycles. The summed E-state index contributed by atoms with van der Waals surface area (Å²) in [5.74, 6) is 1.58. The highest BCUT2D eigenvalue weighted by atomic mass is 32.1. The Morgan fingerprint density at radius 2 is 0.877 bits per heavy atom. The van der Waals surface area contributed by atoms with Crippen LogP contribution in [0.1, 0.15) is 0 Å². The van der Waals surface area contributed by atoms with Crippen molar-refractivity contribution in [1.82, 2.24) is 19.9 Å². The molecule has 302 valence electrons. The maximum absolute atomic E-state index is 6.53. The van der Waals surface area contributed by atoms with Crippen LogP contribution in [0.25, 0.3) is 142 Å². The summed E-state index contributed by atoms with van der Waals surface area (Å²) in [4.78, 5) is 21.0. The number of para-hydroxylation sites is 5. The van der Waals surface area contributed by atoms with E-state index in [1.165, 1.54) is 25.6 Å². The number of nitrogens with zero attached hydrogens (tertiary/aromatic N) is 4. The molecule has 14 aromatic rings. The van der Waals surface area contributed by atoms with E-state index in [9.17, 15) is 0 Å². The molecule has 0 saturated carbocycles. The lowest BCUT2D eigenvalue weighted by molar-refractivity contribution is 0.669. The number of fused-ring (bicyclic) bond motifs is 13. The summed E-state index contributed by atoms with van der Waals surface area (Å²) in [6.07, 6.45) is 0. The lowest BCUT2D eigenvalue weighted by atomic mass is 9.92. The van der Waals surface area contributed by atoms with Crippen molar-refractivity contribution in [3.05, 3.63) is 194 Å². The number of benzene rings is 9. The minimum atomic E-state index is 0.515. The van der Waals surface area contributed by atoms with Crippen molar-refractivity contribution in [2.24, 2.45) is 0 Å². The van der Waals surface area contributed by atoms with Crippen LogP contribution in [-0.2, 0) is 0 Å². The minimum absolute atomic E-state index is 0.515. The van der Waals surface area contributed by atoms with Gasteiger partial charge in [0.25, 0.3) is 0 Å². The fourth-order valence-corrected chi connectivity index (χ4v) is 11.0. The fourth-order valence-electron chi connectivity index (χ4n) is 9.75. The average molecular weight is 849 g/mol. The maximum Gasteiger partial charge on any atom is 0.167 e. The second kappa shape index (κ2) is 14.0. The van der Waals surface area contributed by atoms with E-state index in [2.05, 4.69) is 133 Å². The Balaban J connectivity index is 0.990. The zero-order valence-corrected chi connectivity index (χ0v) is 35.3. The van der Waals surface area contributed by atoms with Crippen molar-refractivity contribution in [3.63, 3.8) is 0 Å². The van der Waals surface area contributed by atoms with E-state index in [4.69, 9.17) is 28.8 Å². The Hall–Kier alpha value is -8.52. The molecule has 0 atom stereocenters. The molecule has 0 radical (unpaired) electrons. The first-order valence-electron chi connectivity index (χ1n) is 21.6. The van der Waals surface area contributed by atoms with E-state index >= 15 is 0 Å². The minimum Gasteiger partial charge on any atom is -0.455 e. The summed E-state index contributed by atoms with van der Waals surface area (Å²) in [6, 6.07) is 67.3. The topological polar surface area (TPSA) is 77.8 Å². The molecular formula is C58H32N4O2S. The Bertz CT molecular complexity index is 4110. The van der Waals surface area contributed by atoms with Gasteiger partial charge in [0.2, 0.25) is 0 Å². The van der Waals surface area contributed by atoms with Crippen LogP contribution in [0.15, 0.2) is 203 Å². The fraction of sp³-hybridized carbons (Fsp3) is 0. The Morgan fingerprint density at radius 1 is 0.338 bits per heavy atom. The molecule has 6 nitrogen and oxygen atoms in total. The first-order chi connectivity index (χ1) is 32.2. The quantitative estimate of drug-likeness (QED) is 0.161. The average Bonchev–Trinajstić information content (AvgIpc) is 4.08. The molecule has 0 aliphatic carbocycles. The Kier molecular flexibility index (Phi) is 7.75. The van der Waals surface area contributed by atoms with Gasteiger partial charge in [-0.05, 0) is 48.0 Å². The molecule has 5 aromatic heterocycles. The first-order valence-corrected chi connectivity index (χ1v) is 22.4. The molecule has 0 bridgehead atoms. The molecule has 14 rings (SSSR count). The monoisotopic (exact) mass is 848 g/mol. The summed E-state index contributed by atoms with van der Waals surface area (Å²) < 4.78 is 15.5. The van der Waals surface area contributed by atoms with E-state index in [-0.39, 0.29) is 0 Å². The van der Waals surface area contributed by atoms with E-state index in [0.29, 0.717) is 17.5 Å². The van der Waals surface area contributed by atoms with Crippen LogP contribution >= 0.6 is 11.3 Å². The second-order valence-corrected chi connectivity index (χ2v) is 17.5. The van der Waals surface area contributed by atoms with Gasteiger partial charge in [0.15, 0.2) is 17.5 Å². The predicted molar refractivity (Wildman–Crippen MR) is 267 cm³/mol. The summed E-state index contributed by atoms with van der Waals surface area (Å²) in [7, 11) is 0. The molecule has 0 aliphatic rings. The van der Waals surface area contributed by atoms with Gasteiger partial charge in [-0.3, -0.25) is 0 Å². The van der Waals surface area contributed by atoms with E-state index in [1.54, 1.807) is 0 Å². The number of pyridine rings is 1. The highest BCUT2D eigenvalue weighted by molar-refractivity contribution is 7.26. The molecule has 7 heteroatoms. The highest BCUT2D eigenvalue weighted by Gasteiger charge is 2.23. The van der Waals surface area contributed by atoms with Crippen LogP contribution in [0, 0.1) is 0 Å². The van der Waals surface area contributed by atoms with Crippen molar-refractivity contribution in [1.29, 1.82) is 0 Å². The van der Waals surface area contributed by atoms with Gasteiger partial charge in [0.05, 0.1) is 22.3 Å². The molecule has 0 N–H and O–H groups in total. The third-order valence-corrected chi connectivity index (χ3v) is 13.9. The van der Waals surface area contributed by atoms with Crippen molar-refractivity contribution in [3.8, 4) is 56.5 Å². The van der Waals surface area contributed by atoms with Crippen LogP contribution in [0.5, 0.6) is 0 Å². The number of furan rings is 2. The third-order valence-electron chi connectivity index (χ3n) is 12.7. The van der Waals surface area contributed by atoms with Crippen LogP contribution in [0.4, 0.5) is 0 Å². The largest absolute Gasteiger partial charge is 0.455 e. The molecule has 0 fully saturated rings. The molecular weight excluding hydrogens is 817 g/mol. The number of hydrogen-bond donors (Lipinski definition) is 0. The van der Waals surface area contributed by atoms with Crippen LogP contribution < -0.4 is 0 Å². The number of aromatic nitrogens is 4. The molecule has 5 heterocycles. The van der Waals surface area contributed by atoms with Crippen LogP contribution in [0.2, 0.25) is 0 Å². The van der Waals surface area contributed by atoms with Gasteiger partial charge in [-0.15, -0.1) is 11.3 Å². The molecule has 0 saturated heterocycles. The van der Waals surface area contributed by atoms with E-state index < -0.39 is 0 Å². The zero-order chi connectivity index (χ0) is 42.6. The van der Waals surface area contributed by atoms with Gasteiger partial charge >= 0.3 is 0 Å². The lowest BCUT2D eigenvalue weighted by Gasteiger charge is -2.15. The maximum atomic E-state index is 6.53. The summed E-state index contributed by atoms with van der Waals surface area (Å²) in [6.45, 7) is 0. The SMILES string of the molecule is c1ccc(-c2nc3ccccc3c3c2cc(-c2ccc(-c4nc(-c5cccc6c5oc5ccccc56)nc(-c5cccc6c5oc5ccccc56)n4)cc2)c2sc4ccccc4c23)cc1. The van der Waals surface area contributed by atoms with Gasteiger partial charge in [0.1, 0.15) is 22.3 Å². The van der Waals surface area contributed by atoms with Crippen molar-refractivity contribution in [2.75, 3.05) is 0 Å². The van der Waals surface area contributed by atoms with Gasteiger partial charge in [-0.25, -0.2) is 19.9 Å². The van der Waals surface area contributed by atoms with Crippen molar-refractivity contribution >= 4 is 97.1 Å². The Labute approximate surface area is 374 Å². The zero-order valence-electron chi connectivity index (χ0n) is 34.5. The third kappa shape index (κ3) is 5.52. The van der Waals surface area contributed by atoms with E-state index in [0.717, 1.165) is 99.2 Å². The molecule has 65 heavy (non-hydrogen) atoms. The summed E-state index contributed by atoms with van der Waals surface area (Å²) >= 11 is 1.84. The van der Waals surface area contributed by atoms with Crippen LogP contribution in [0.3, 0.4) is 0 Å². The molecule has 0 amide bonds. The standard InChI is InChI=1S/C58H32N4O2S/c1-2-14-34(15-3-1)52-45-32-44(55-51(41-19-7-11-27-49(41)65-55)50(45)40-18-4-8-24-46(40)59-52)33-28-30-35(31-29-33)56-60-57(42-22-12-20-38-36-16-5-9-25-47(36)63-53(38)42)62-58(61-56)43-23-13-21-39-37-17-6-10-26-48(37)64-54(39)43/h1-32H. The molecule has 0 unspecified atom stereocenters. The van der Waals surface area contributed by atoms with Gasteiger partial charge in [-0.2, -0.15) is 0 Å². The summed E-state index contributed by atoms with van der Waals surface area (Å²) in [5, 5.41) is 10.1. The number of thiophene rings is 1. The first kappa shape index (κ1) is 36.0. The summed E-state index contributed by atoms with van der Waals surface area (Å²) in [5.41, 5.74) is 10.8. The Morgan fingerprint density at radius 3 is 1.55 bits per heavy atom. The number of rotatable bonds is 5. The number of hydrogen-bond acceptors (Lipinski definition) is 7. The molecule has 0 aliphatic heterocycles. The van der Waals surface area contributed by atoms with Crippen LogP contribution in [-0.4, -0.2) is 19.9 Å². The highest BCUT2D eigenvalue weighted by Crippen LogP contribution is 2.48. The van der Waals surface area contributed by atoms with Crippen molar-refractivity contribution < 1.29 is 8.83 Å². The lowest BCUT2D eigenvalue weighted by Crippen LogP contribution is -2.00. The second-order valence-electron chi connectivity index (χ2n) is 16.4. The van der Waals surface area contributed by atoms with E-state index in [1.807, 2.05) is 72.0 Å². The normalized spacial score (nSPS) is 12.0. The molecule has 0 spiro atoms. The van der Waals surface area contributed by atoms with Gasteiger partial charge < -0.3 is 8.83 Å².